The van der Waals surface area contributed by atoms with Crippen molar-refractivity contribution in [2.75, 3.05) is 27.2 Å². The Morgan fingerprint density at radius 1 is 1.11 bits per heavy atom. The first-order valence-corrected chi connectivity index (χ1v) is 11.5. The molecule has 0 aliphatic carbocycles. The number of ether oxygens (including phenoxy) is 1. The van der Waals surface area contributed by atoms with Crippen molar-refractivity contribution in [1.82, 2.24) is 15.2 Å². The van der Waals surface area contributed by atoms with Gasteiger partial charge >= 0.3 is 12.1 Å². The Kier molecular flexibility index (Phi) is 8.65. The quantitative estimate of drug-likeness (QED) is 0.443. The van der Waals surface area contributed by atoms with Gasteiger partial charge in [0.15, 0.2) is 0 Å². The van der Waals surface area contributed by atoms with Gasteiger partial charge in [-0.05, 0) is 49.7 Å². The molecule has 11 heteroatoms. The molecule has 1 aromatic heterocycles. The number of benzene rings is 2. The van der Waals surface area contributed by atoms with E-state index < -0.39 is 23.2 Å². The Labute approximate surface area is 217 Å². The molecule has 1 aliphatic heterocycles. The van der Waals surface area contributed by atoms with Crippen molar-refractivity contribution in [2.24, 2.45) is 0 Å². The van der Waals surface area contributed by atoms with E-state index in [9.17, 15) is 27.6 Å². The van der Waals surface area contributed by atoms with Crippen LogP contribution in [-0.4, -0.2) is 55.0 Å². The zero-order valence-electron chi connectivity index (χ0n) is 20.2. The summed E-state index contributed by atoms with van der Waals surface area (Å²) >= 11 is 0. The van der Waals surface area contributed by atoms with Gasteiger partial charge in [-0.2, -0.15) is 13.2 Å². The van der Waals surface area contributed by atoms with E-state index in [1.165, 1.54) is 24.3 Å². The summed E-state index contributed by atoms with van der Waals surface area (Å²) in [5.41, 5.74) is -0.844. The summed E-state index contributed by atoms with van der Waals surface area (Å²) in [6, 6.07) is 11.1. The van der Waals surface area contributed by atoms with Crippen LogP contribution in [0.25, 0.3) is 22.0 Å². The number of H-pyrrole nitrogens is 1. The van der Waals surface area contributed by atoms with E-state index in [-0.39, 0.29) is 60.0 Å². The van der Waals surface area contributed by atoms with Crippen LogP contribution in [0.15, 0.2) is 53.3 Å². The molecule has 1 amide bonds. The third kappa shape index (κ3) is 6.50. The summed E-state index contributed by atoms with van der Waals surface area (Å²) in [7, 11) is 3.71. The number of aromatic amines is 1. The molecular weight excluding hydrogens is 511 g/mol. The van der Waals surface area contributed by atoms with Crippen molar-refractivity contribution in [2.45, 2.75) is 31.0 Å². The zero-order chi connectivity index (χ0) is 26.0. The molecule has 2 heterocycles. The van der Waals surface area contributed by atoms with Gasteiger partial charge in [0.1, 0.15) is 6.61 Å². The molecule has 0 bridgehead atoms. The molecule has 4 rings (SSSR count). The number of nitrogens with one attached hydrogen (secondary N) is 2. The number of nitrogens with zero attached hydrogens (tertiary/aromatic N) is 1. The van der Waals surface area contributed by atoms with Gasteiger partial charge in [-0.15, -0.1) is 12.4 Å². The second-order valence-corrected chi connectivity index (χ2v) is 9.13. The molecule has 0 spiro atoms. The largest absolute Gasteiger partial charge is 0.463 e. The van der Waals surface area contributed by atoms with Crippen LogP contribution in [0.4, 0.5) is 13.2 Å². The Bertz CT molecular complexity index is 1360. The fraction of sp³-hybridized carbons (Fsp3) is 0.346. The molecule has 1 fully saturated rings. The SMILES string of the molecule is CN(C)CCC(=O)OCC1C[C@H](c2ccc3cc(-c4ccccc4C(F)(F)F)[nH]c(=O)c3c2)C(=O)N1.Cl. The summed E-state index contributed by atoms with van der Waals surface area (Å²) in [6.07, 6.45) is -3.93. The van der Waals surface area contributed by atoms with Gasteiger partial charge in [0.25, 0.3) is 5.56 Å². The molecule has 2 atom stereocenters. The molecule has 1 saturated heterocycles. The van der Waals surface area contributed by atoms with E-state index in [4.69, 9.17) is 4.74 Å². The molecular formula is C26H27ClF3N3O4. The summed E-state index contributed by atoms with van der Waals surface area (Å²) in [4.78, 5) is 41.7. The van der Waals surface area contributed by atoms with Crippen LogP contribution in [0.3, 0.4) is 0 Å². The molecule has 7 nitrogen and oxygen atoms in total. The number of carbonyl (C=O) groups excluding carboxylic acids is 2. The number of esters is 1. The number of amides is 1. The minimum Gasteiger partial charge on any atom is -0.463 e. The molecule has 0 saturated carbocycles. The first-order chi connectivity index (χ1) is 17.0. The van der Waals surface area contributed by atoms with Crippen molar-refractivity contribution in [3.8, 4) is 11.3 Å². The van der Waals surface area contributed by atoms with Gasteiger partial charge in [-0.25, -0.2) is 0 Å². The van der Waals surface area contributed by atoms with Crippen LogP contribution in [0.1, 0.15) is 29.9 Å². The van der Waals surface area contributed by atoms with Gasteiger partial charge in [-0.1, -0.05) is 30.3 Å². The lowest BCUT2D eigenvalue weighted by molar-refractivity contribution is -0.144. The van der Waals surface area contributed by atoms with E-state index in [1.807, 2.05) is 19.0 Å². The number of fused-ring (bicyclic) bond motifs is 1. The Morgan fingerprint density at radius 2 is 1.84 bits per heavy atom. The number of pyridine rings is 1. The average molecular weight is 538 g/mol. The molecule has 3 aromatic rings. The van der Waals surface area contributed by atoms with Gasteiger partial charge in [0.2, 0.25) is 5.91 Å². The predicted octanol–water partition coefficient (Wildman–Crippen LogP) is 4.10. The van der Waals surface area contributed by atoms with Gasteiger partial charge < -0.3 is 19.9 Å². The summed E-state index contributed by atoms with van der Waals surface area (Å²) in [5.74, 6) is -1.12. The van der Waals surface area contributed by atoms with Crippen molar-refractivity contribution < 1.29 is 27.5 Å². The van der Waals surface area contributed by atoms with E-state index in [2.05, 4.69) is 10.3 Å². The van der Waals surface area contributed by atoms with E-state index in [0.717, 1.165) is 6.07 Å². The van der Waals surface area contributed by atoms with E-state index in [1.54, 1.807) is 18.2 Å². The molecule has 37 heavy (non-hydrogen) atoms. The summed E-state index contributed by atoms with van der Waals surface area (Å²) < 4.78 is 45.6. The smallest absolute Gasteiger partial charge is 0.417 e. The van der Waals surface area contributed by atoms with Crippen molar-refractivity contribution >= 4 is 35.1 Å². The van der Waals surface area contributed by atoms with Crippen LogP contribution in [0.5, 0.6) is 0 Å². The molecule has 2 N–H and O–H groups in total. The lowest BCUT2D eigenvalue weighted by Gasteiger charge is -2.14. The summed E-state index contributed by atoms with van der Waals surface area (Å²) in [5, 5.41) is 3.55. The fourth-order valence-corrected chi connectivity index (χ4v) is 4.33. The van der Waals surface area contributed by atoms with Gasteiger partial charge in [0, 0.05) is 23.2 Å². The van der Waals surface area contributed by atoms with E-state index >= 15 is 0 Å². The van der Waals surface area contributed by atoms with Crippen LogP contribution in [-0.2, 0) is 20.5 Å². The Hall–Kier alpha value is -3.37. The number of aromatic nitrogens is 1. The second-order valence-electron chi connectivity index (χ2n) is 9.13. The van der Waals surface area contributed by atoms with Crippen LogP contribution in [0.2, 0.25) is 0 Å². The zero-order valence-corrected chi connectivity index (χ0v) is 21.0. The monoisotopic (exact) mass is 537 g/mol. The van der Waals surface area contributed by atoms with Crippen molar-refractivity contribution in [1.29, 1.82) is 0 Å². The third-order valence-electron chi connectivity index (χ3n) is 6.19. The standard InChI is InChI=1S/C26H26F3N3O4.ClH/c1-32(2)10-9-23(33)36-14-17-13-20(24(34)30-17)15-7-8-16-12-22(31-25(35)19(16)11-15)18-5-3-4-6-21(18)26(27,28)29;/h3-8,11-12,17,20H,9-10,13-14H2,1-2H3,(H,30,34)(H,31,35);1H/t17?,20-;/m1./s1. The lowest BCUT2D eigenvalue weighted by Crippen LogP contribution is -2.31. The van der Waals surface area contributed by atoms with Crippen molar-refractivity contribution in [3.63, 3.8) is 0 Å². The van der Waals surface area contributed by atoms with Gasteiger partial charge in [-0.3, -0.25) is 14.4 Å². The average Bonchev–Trinajstić information content (AvgIpc) is 3.21. The van der Waals surface area contributed by atoms with E-state index in [0.29, 0.717) is 23.9 Å². The van der Waals surface area contributed by atoms with Crippen LogP contribution in [0, 0.1) is 0 Å². The second kappa shape index (κ2) is 11.4. The van der Waals surface area contributed by atoms with Crippen LogP contribution < -0.4 is 10.9 Å². The minimum absolute atomic E-state index is 0. The number of carbonyl (C=O) groups is 2. The van der Waals surface area contributed by atoms with Gasteiger partial charge in [0.05, 0.1) is 23.9 Å². The highest BCUT2D eigenvalue weighted by Gasteiger charge is 2.35. The highest BCUT2D eigenvalue weighted by molar-refractivity contribution is 5.90. The maximum absolute atomic E-state index is 13.5. The normalized spacial score (nSPS) is 17.5. The first kappa shape index (κ1) is 28.2. The Balaban J connectivity index is 0.00000380. The minimum atomic E-state index is -4.57. The predicted molar refractivity (Wildman–Crippen MR) is 136 cm³/mol. The third-order valence-corrected chi connectivity index (χ3v) is 6.19. The molecule has 1 aliphatic rings. The summed E-state index contributed by atoms with van der Waals surface area (Å²) in [6.45, 7) is 0.623. The molecule has 2 aromatic carbocycles. The number of hydrogen-bond donors (Lipinski definition) is 2. The number of halogens is 4. The number of hydrogen-bond acceptors (Lipinski definition) is 5. The number of rotatable bonds is 7. The maximum Gasteiger partial charge on any atom is 0.417 e. The molecule has 1 unspecified atom stereocenters. The highest BCUT2D eigenvalue weighted by atomic mass is 35.5. The molecule has 198 valence electrons. The topological polar surface area (TPSA) is 91.5 Å². The maximum atomic E-state index is 13.5. The first-order valence-electron chi connectivity index (χ1n) is 11.5. The lowest BCUT2D eigenvalue weighted by atomic mass is 9.93. The molecule has 0 radical (unpaired) electrons. The highest BCUT2D eigenvalue weighted by Crippen LogP contribution is 2.37. The van der Waals surface area contributed by atoms with Crippen molar-refractivity contribution in [3.05, 3.63) is 70.0 Å². The van der Waals surface area contributed by atoms with Crippen LogP contribution >= 0.6 is 12.4 Å². The Morgan fingerprint density at radius 3 is 2.54 bits per heavy atom. The fourth-order valence-electron chi connectivity index (χ4n) is 4.33. The number of alkyl halides is 3.